The zero-order valence-corrected chi connectivity index (χ0v) is 18.0. The van der Waals surface area contributed by atoms with Crippen LogP contribution in [0.4, 0.5) is 0 Å². The van der Waals surface area contributed by atoms with Crippen molar-refractivity contribution in [1.29, 1.82) is 0 Å². The molecule has 0 fully saturated rings. The summed E-state index contributed by atoms with van der Waals surface area (Å²) in [7, 11) is 4.40. The number of esters is 4. The molecule has 0 aliphatic carbocycles. The second-order valence-corrected chi connectivity index (χ2v) is 6.94. The Hall–Kier alpha value is -4.47. The van der Waals surface area contributed by atoms with Gasteiger partial charge in [-0.3, -0.25) is 4.79 Å². The van der Waals surface area contributed by atoms with Crippen LogP contribution in [0.5, 0.6) is 0 Å². The molecule has 0 atom stereocenters. The summed E-state index contributed by atoms with van der Waals surface area (Å²) in [4.78, 5) is 64.5. The Kier molecular flexibility index (Phi) is 5.21. The fraction of sp³-hybridized carbons (Fsp3) is 0.174. The Morgan fingerprint density at radius 2 is 1.21 bits per heavy atom. The van der Waals surface area contributed by atoms with Crippen molar-refractivity contribution in [1.82, 2.24) is 4.40 Å². The first kappa shape index (κ1) is 21.8. The van der Waals surface area contributed by atoms with Gasteiger partial charge in [0.2, 0.25) is 0 Å². The molecule has 0 aliphatic rings. The van der Waals surface area contributed by atoms with Gasteiger partial charge in [-0.2, -0.15) is 0 Å². The number of hydrogen-bond acceptors (Lipinski definition) is 9. The number of aromatic nitrogens is 1. The number of carbonyl (C=O) groups is 4. The van der Waals surface area contributed by atoms with E-state index in [2.05, 4.69) is 0 Å². The van der Waals surface area contributed by atoms with Gasteiger partial charge in [-0.1, -0.05) is 18.2 Å². The van der Waals surface area contributed by atoms with Crippen molar-refractivity contribution in [3.63, 3.8) is 0 Å². The van der Waals surface area contributed by atoms with Crippen LogP contribution in [0.1, 0.15) is 41.6 Å². The van der Waals surface area contributed by atoms with Gasteiger partial charge in [0.1, 0.15) is 5.69 Å². The van der Waals surface area contributed by atoms with Crippen molar-refractivity contribution >= 4 is 51.1 Å². The van der Waals surface area contributed by atoms with Crippen molar-refractivity contribution in [2.24, 2.45) is 0 Å². The molecule has 168 valence electrons. The number of ether oxygens (including phenoxy) is 4. The first-order valence-electron chi connectivity index (χ1n) is 9.55. The largest absolute Gasteiger partial charge is 0.465 e. The first-order chi connectivity index (χ1) is 15.8. The van der Waals surface area contributed by atoms with E-state index in [-0.39, 0.29) is 27.5 Å². The van der Waals surface area contributed by atoms with Gasteiger partial charge in [0, 0.05) is 16.8 Å². The summed E-state index contributed by atoms with van der Waals surface area (Å²) < 4.78 is 20.9. The van der Waals surface area contributed by atoms with Gasteiger partial charge < -0.3 is 23.3 Å². The number of nitrogens with zero attached hydrogens (tertiary/aromatic N) is 1. The fourth-order valence-electron chi connectivity index (χ4n) is 4.15. The Morgan fingerprint density at radius 3 is 1.79 bits per heavy atom. The van der Waals surface area contributed by atoms with E-state index < -0.39 is 40.4 Å². The van der Waals surface area contributed by atoms with Crippen molar-refractivity contribution in [3.05, 3.63) is 62.9 Å². The Balaban J connectivity index is 2.50. The lowest BCUT2D eigenvalue weighted by Crippen LogP contribution is -2.23. The van der Waals surface area contributed by atoms with Crippen LogP contribution in [0, 0.1) is 0 Å². The summed E-state index contributed by atoms with van der Waals surface area (Å²) >= 11 is 0. The standard InChI is InChI=1S/C23H17NO9/c1-30-20(26)12-9-13(25)15-17(22(28)32-3)18(23(29)33-4)16(21(27)31-2)14-10-7-5-6-8-11(10)24(12)19(14)15/h5-9H,1-4H3. The molecular formula is C23H17NO9. The normalized spacial score (nSPS) is 11.0. The second-order valence-electron chi connectivity index (χ2n) is 6.94. The van der Waals surface area contributed by atoms with E-state index >= 15 is 0 Å². The van der Waals surface area contributed by atoms with E-state index in [0.717, 1.165) is 34.5 Å². The average molecular weight is 451 g/mol. The number of pyridine rings is 1. The minimum Gasteiger partial charge on any atom is -0.465 e. The molecule has 10 nitrogen and oxygen atoms in total. The van der Waals surface area contributed by atoms with Gasteiger partial charge in [-0.15, -0.1) is 0 Å². The Morgan fingerprint density at radius 1 is 0.697 bits per heavy atom. The van der Waals surface area contributed by atoms with Gasteiger partial charge in [-0.25, -0.2) is 19.2 Å². The van der Waals surface area contributed by atoms with Crippen LogP contribution in [-0.2, 0) is 18.9 Å². The highest BCUT2D eigenvalue weighted by Crippen LogP contribution is 2.39. The summed E-state index contributed by atoms with van der Waals surface area (Å²) in [5.41, 5.74) is -1.61. The molecule has 0 radical (unpaired) electrons. The lowest BCUT2D eigenvalue weighted by molar-refractivity contribution is 0.0538. The van der Waals surface area contributed by atoms with Crippen LogP contribution in [-0.4, -0.2) is 56.7 Å². The van der Waals surface area contributed by atoms with Crippen molar-refractivity contribution < 1.29 is 38.1 Å². The number of hydrogen-bond donors (Lipinski definition) is 0. The monoisotopic (exact) mass is 451 g/mol. The van der Waals surface area contributed by atoms with E-state index in [9.17, 15) is 24.0 Å². The van der Waals surface area contributed by atoms with Crippen LogP contribution in [0.2, 0.25) is 0 Å². The molecule has 0 N–H and O–H groups in total. The Labute approximate surface area is 185 Å². The molecule has 0 saturated heterocycles. The molecule has 2 aromatic heterocycles. The smallest absolute Gasteiger partial charge is 0.355 e. The number of methoxy groups -OCH3 is 4. The minimum absolute atomic E-state index is 0.0672. The number of carbonyl (C=O) groups excluding carboxylic acids is 4. The number of fused-ring (bicyclic) bond motifs is 3. The maximum absolute atomic E-state index is 13.3. The molecule has 0 unspecified atom stereocenters. The highest BCUT2D eigenvalue weighted by atomic mass is 16.5. The minimum atomic E-state index is -1.04. The predicted octanol–water partition coefficient (Wildman–Crippen LogP) is 2.19. The predicted molar refractivity (Wildman–Crippen MR) is 115 cm³/mol. The maximum Gasteiger partial charge on any atom is 0.355 e. The zero-order valence-electron chi connectivity index (χ0n) is 18.0. The molecule has 4 aromatic rings. The first-order valence-corrected chi connectivity index (χ1v) is 9.55. The second kappa shape index (κ2) is 7.90. The Bertz CT molecular complexity index is 1550. The van der Waals surface area contributed by atoms with E-state index in [1.165, 1.54) is 4.40 Å². The lowest BCUT2D eigenvalue weighted by Gasteiger charge is -2.16. The van der Waals surface area contributed by atoms with Crippen LogP contribution in [0.25, 0.3) is 27.2 Å². The van der Waals surface area contributed by atoms with Gasteiger partial charge in [0.05, 0.1) is 61.5 Å². The van der Waals surface area contributed by atoms with Gasteiger partial charge in [0.25, 0.3) is 0 Å². The number of rotatable bonds is 4. The molecule has 0 amide bonds. The summed E-state index contributed by atoms with van der Waals surface area (Å²) in [5, 5.41) is 0.359. The molecule has 2 heterocycles. The van der Waals surface area contributed by atoms with E-state index in [1.807, 2.05) is 0 Å². The molecule has 0 saturated carbocycles. The average Bonchev–Trinajstić information content (AvgIpc) is 3.18. The molecule has 0 bridgehead atoms. The van der Waals surface area contributed by atoms with Crippen LogP contribution < -0.4 is 5.43 Å². The molecule has 0 spiro atoms. The third-order valence-electron chi connectivity index (χ3n) is 5.43. The van der Waals surface area contributed by atoms with Crippen LogP contribution in [0.3, 0.4) is 0 Å². The molecule has 2 aromatic carbocycles. The van der Waals surface area contributed by atoms with E-state index in [1.54, 1.807) is 24.3 Å². The quantitative estimate of drug-likeness (QED) is 0.339. The highest BCUT2D eigenvalue weighted by Gasteiger charge is 2.36. The lowest BCUT2D eigenvalue weighted by atomic mass is 9.91. The summed E-state index contributed by atoms with van der Waals surface area (Å²) in [5.74, 6) is -3.84. The third-order valence-corrected chi connectivity index (χ3v) is 5.43. The molecule has 0 aliphatic heterocycles. The molecular weight excluding hydrogens is 434 g/mol. The van der Waals surface area contributed by atoms with Gasteiger partial charge in [0.15, 0.2) is 5.43 Å². The molecule has 4 rings (SSSR count). The zero-order chi connectivity index (χ0) is 24.0. The van der Waals surface area contributed by atoms with Crippen LogP contribution >= 0.6 is 0 Å². The van der Waals surface area contributed by atoms with E-state index in [0.29, 0.717) is 10.9 Å². The number of para-hydroxylation sites is 1. The van der Waals surface area contributed by atoms with Gasteiger partial charge in [-0.05, 0) is 6.07 Å². The summed E-state index contributed by atoms with van der Waals surface area (Å²) in [6, 6.07) is 7.68. The molecule has 10 heteroatoms. The topological polar surface area (TPSA) is 127 Å². The van der Waals surface area contributed by atoms with Gasteiger partial charge >= 0.3 is 23.9 Å². The fourth-order valence-corrected chi connectivity index (χ4v) is 4.15. The third kappa shape index (κ3) is 2.91. The van der Waals surface area contributed by atoms with Crippen molar-refractivity contribution in [3.8, 4) is 0 Å². The van der Waals surface area contributed by atoms with E-state index in [4.69, 9.17) is 18.9 Å². The molecule has 33 heavy (non-hydrogen) atoms. The maximum atomic E-state index is 13.3. The van der Waals surface area contributed by atoms with Crippen molar-refractivity contribution in [2.75, 3.05) is 28.4 Å². The summed E-state index contributed by atoms with van der Waals surface area (Å²) in [6.07, 6.45) is 0. The SMILES string of the molecule is COC(=O)c1c(C(=O)OC)c2c(=O)cc(C(=O)OC)n3c4ccccc4c(c1C(=O)OC)c23. The van der Waals surface area contributed by atoms with Crippen LogP contribution in [0.15, 0.2) is 35.1 Å². The number of benzene rings is 2. The highest BCUT2D eigenvalue weighted by molar-refractivity contribution is 6.30. The summed E-state index contributed by atoms with van der Waals surface area (Å²) in [6.45, 7) is 0. The van der Waals surface area contributed by atoms with Crippen molar-refractivity contribution in [2.45, 2.75) is 0 Å².